The molecule has 0 atom stereocenters. The predicted molar refractivity (Wildman–Crippen MR) is 70.2 cm³/mol. The third kappa shape index (κ3) is 2.40. The minimum absolute atomic E-state index is 0.319. The van der Waals surface area contributed by atoms with Crippen LogP contribution >= 0.6 is 0 Å². The van der Waals surface area contributed by atoms with Crippen LogP contribution in [0.1, 0.15) is 24.2 Å². The van der Waals surface area contributed by atoms with E-state index in [0.29, 0.717) is 0 Å². The molecule has 1 aromatic rings. The van der Waals surface area contributed by atoms with E-state index in [9.17, 15) is 22.8 Å². The van der Waals surface area contributed by atoms with Crippen molar-refractivity contribution in [3.63, 3.8) is 0 Å². The summed E-state index contributed by atoms with van der Waals surface area (Å²) in [6.45, 7) is 2.46. The Morgan fingerprint density at radius 3 is 2.11 bits per heavy atom. The standard InChI is InChI=1S/C11H16N2O5S/c1-11(2,19(5,17)18)8(14)7-6-12(3)10(16)13(4)9(7)15/h6H,1-5H3. The maximum absolute atomic E-state index is 12.2. The Labute approximate surface area is 110 Å². The number of aromatic nitrogens is 2. The van der Waals surface area contributed by atoms with Gasteiger partial charge in [0.1, 0.15) is 10.3 Å². The Balaban J connectivity index is 3.64. The van der Waals surface area contributed by atoms with Gasteiger partial charge in [0.05, 0.1) is 0 Å². The molecular formula is C11H16N2O5S. The molecule has 19 heavy (non-hydrogen) atoms. The quantitative estimate of drug-likeness (QED) is 0.671. The molecule has 106 valence electrons. The first-order valence-corrected chi connectivity index (χ1v) is 7.31. The summed E-state index contributed by atoms with van der Waals surface area (Å²) in [6, 6.07) is 0. The summed E-state index contributed by atoms with van der Waals surface area (Å²) in [7, 11) is -1.08. The zero-order valence-electron chi connectivity index (χ0n) is 11.4. The number of rotatable bonds is 3. The molecule has 0 aliphatic rings. The molecule has 0 saturated heterocycles. The number of sulfone groups is 1. The lowest BCUT2D eigenvalue weighted by atomic mass is 10.0. The number of Topliss-reactive ketones (excluding diaryl/α,β-unsaturated/α-hetero) is 1. The number of nitrogens with zero attached hydrogens (tertiary/aromatic N) is 2. The number of ketones is 1. The van der Waals surface area contributed by atoms with Crippen molar-refractivity contribution in [2.45, 2.75) is 18.6 Å². The number of hydrogen-bond donors (Lipinski definition) is 0. The molecule has 0 aromatic carbocycles. The minimum atomic E-state index is -3.69. The van der Waals surface area contributed by atoms with Crippen molar-refractivity contribution in [2.75, 3.05) is 6.26 Å². The summed E-state index contributed by atoms with van der Waals surface area (Å²) in [5.74, 6) is -0.828. The lowest BCUT2D eigenvalue weighted by molar-refractivity contribution is 0.0951. The highest BCUT2D eigenvalue weighted by atomic mass is 32.2. The van der Waals surface area contributed by atoms with Crippen molar-refractivity contribution in [3.8, 4) is 0 Å². The number of hydrogen-bond acceptors (Lipinski definition) is 5. The molecule has 0 amide bonds. The average Bonchev–Trinajstić information content (AvgIpc) is 2.28. The van der Waals surface area contributed by atoms with Crippen LogP contribution in [0.4, 0.5) is 0 Å². The fraction of sp³-hybridized carbons (Fsp3) is 0.545. The van der Waals surface area contributed by atoms with E-state index in [1.165, 1.54) is 27.9 Å². The third-order valence-corrected chi connectivity index (χ3v) is 5.20. The van der Waals surface area contributed by atoms with E-state index in [2.05, 4.69) is 0 Å². The largest absolute Gasteiger partial charge is 0.330 e. The number of aryl methyl sites for hydroxylation is 1. The molecule has 0 spiro atoms. The van der Waals surface area contributed by atoms with Gasteiger partial charge in [-0.1, -0.05) is 0 Å². The van der Waals surface area contributed by atoms with Gasteiger partial charge in [0.15, 0.2) is 15.6 Å². The molecule has 1 aromatic heterocycles. The first-order chi connectivity index (χ1) is 8.41. The van der Waals surface area contributed by atoms with Crippen LogP contribution < -0.4 is 11.2 Å². The summed E-state index contributed by atoms with van der Waals surface area (Å²) in [5.41, 5.74) is -1.71. The molecule has 0 aliphatic heterocycles. The first-order valence-electron chi connectivity index (χ1n) is 5.42. The second kappa shape index (κ2) is 4.44. The van der Waals surface area contributed by atoms with Crippen LogP contribution in [0.15, 0.2) is 15.8 Å². The summed E-state index contributed by atoms with van der Waals surface area (Å²) in [6.07, 6.45) is 2.00. The molecule has 8 heteroatoms. The highest BCUT2D eigenvalue weighted by Gasteiger charge is 2.40. The maximum atomic E-state index is 12.2. The third-order valence-electron chi connectivity index (χ3n) is 3.16. The van der Waals surface area contributed by atoms with Crippen molar-refractivity contribution >= 4 is 15.6 Å². The van der Waals surface area contributed by atoms with Crippen molar-refractivity contribution in [2.24, 2.45) is 14.1 Å². The van der Waals surface area contributed by atoms with Crippen molar-refractivity contribution < 1.29 is 13.2 Å². The van der Waals surface area contributed by atoms with Crippen LogP contribution in [0.5, 0.6) is 0 Å². The molecular weight excluding hydrogens is 272 g/mol. The highest BCUT2D eigenvalue weighted by molar-refractivity contribution is 7.92. The maximum Gasteiger partial charge on any atom is 0.330 e. The molecule has 0 N–H and O–H groups in total. The summed E-state index contributed by atoms with van der Waals surface area (Å²) < 4.78 is 23.3. The lowest BCUT2D eigenvalue weighted by Gasteiger charge is -2.20. The number of carbonyl (C=O) groups excluding carboxylic acids is 1. The predicted octanol–water partition coefficient (Wildman–Crippen LogP) is -0.910. The van der Waals surface area contributed by atoms with Gasteiger partial charge in [-0.2, -0.15) is 0 Å². The molecule has 7 nitrogen and oxygen atoms in total. The van der Waals surface area contributed by atoms with E-state index < -0.39 is 31.6 Å². The molecule has 1 rings (SSSR count). The van der Waals surface area contributed by atoms with E-state index in [1.54, 1.807) is 0 Å². The van der Waals surface area contributed by atoms with E-state index in [4.69, 9.17) is 0 Å². The second-order valence-corrected chi connectivity index (χ2v) is 7.48. The van der Waals surface area contributed by atoms with Gasteiger partial charge >= 0.3 is 5.69 Å². The average molecular weight is 288 g/mol. The zero-order valence-corrected chi connectivity index (χ0v) is 12.2. The Hall–Kier alpha value is -1.70. The van der Waals surface area contributed by atoms with Gasteiger partial charge in [0.25, 0.3) is 5.56 Å². The highest BCUT2D eigenvalue weighted by Crippen LogP contribution is 2.19. The molecule has 0 bridgehead atoms. The van der Waals surface area contributed by atoms with Gasteiger partial charge in [0, 0.05) is 26.5 Å². The monoisotopic (exact) mass is 288 g/mol. The molecule has 0 saturated carbocycles. The zero-order chi connectivity index (χ0) is 15.2. The van der Waals surface area contributed by atoms with Crippen molar-refractivity contribution in [3.05, 3.63) is 32.6 Å². The van der Waals surface area contributed by atoms with Crippen LogP contribution in [0.3, 0.4) is 0 Å². The Morgan fingerprint density at radius 1 is 1.21 bits per heavy atom. The van der Waals surface area contributed by atoms with E-state index in [-0.39, 0.29) is 5.56 Å². The van der Waals surface area contributed by atoms with Gasteiger partial charge in [-0.05, 0) is 13.8 Å². The second-order valence-electron chi connectivity index (χ2n) is 4.91. The Morgan fingerprint density at radius 2 is 1.68 bits per heavy atom. The summed E-state index contributed by atoms with van der Waals surface area (Å²) in [5, 5.41) is 0. The van der Waals surface area contributed by atoms with Gasteiger partial charge in [-0.25, -0.2) is 13.2 Å². The minimum Gasteiger partial charge on any atom is -0.303 e. The van der Waals surface area contributed by atoms with Gasteiger partial charge in [0.2, 0.25) is 0 Å². The smallest absolute Gasteiger partial charge is 0.303 e. The van der Waals surface area contributed by atoms with Gasteiger partial charge in [-0.3, -0.25) is 14.2 Å². The van der Waals surface area contributed by atoms with E-state index in [0.717, 1.165) is 21.6 Å². The van der Waals surface area contributed by atoms with Crippen LogP contribution in [0, 0.1) is 0 Å². The van der Waals surface area contributed by atoms with Gasteiger partial charge in [-0.15, -0.1) is 0 Å². The molecule has 0 radical (unpaired) electrons. The molecule has 0 fully saturated rings. The number of carbonyl (C=O) groups is 1. The fourth-order valence-electron chi connectivity index (χ4n) is 1.46. The first kappa shape index (κ1) is 15.4. The Kier molecular flexibility index (Phi) is 3.59. The van der Waals surface area contributed by atoms with Crippen molar-refractivity contribution in [1.29, 1.82) is 0 Å². The lowest BCUT2D eigenvalue weighted by Crippen LogP contribution is -2.46. The van der Waals surface area contributed by atoms with Crippen LogP contribution in [-0.4, -0.2) is 34.3 Å². The summed E-state index contributed by atoms with van der Waals surface area (Å²) in [4.78, 5) is 35.6. The van der Waals surface area contributed by atoms with Gasteiger partial charge < -0.3 is 4.57 Å². The van der Waals surface area contributed by atoms with Crippen LogP contribution in [0.2, 0.25) is 0 Å². The topological polar surface area (TPSA) is 95.2 Å². The van der Waals surface area contributed by atoms with Crippen LogP contribution in [0.25, 0.3) is 0 Å². The van der Waals surface area contributed by atoms with E-state index in [1.807, 2.05) is 0 Å². The Bertz CT molecular complexity index is 752. The molecule has 1 heterocycles. The molecule has 0 aliphatic carbocycles. The van der Waals surface area contributed by atoms with E-state index >= 15 is 0 Å². The van der Waals surface area contributed by atoms with Crippen LogP contribution in [-0.2, 0) is 23.9 Å². The fourth-order valence-corrected chi connectivity index (χ4v) is 1.90. The normalized spacial score (nSPS) is 12.5. The SMILES string of the molecule is Cn1cc(C(=O)C(C)(C)S(C)(=O)=O)c(=O)n(C)c1=O. The molecule has 0 unspecified atom stereocenters. The summed E-state index contributed by atoms with van der Waals surface area (Å²) >= 11 is 0. The van der Waals surface area contributed by atoms with Crippen molar-refractivity contribution in [1.82, 2.24) is 9.13 Å².